The smallest absolute Gasteiger partial charge is 0.331 e. The van der Waals surface area contributed by atoms with Crippen molar-refractivity contribution in [2.24, 2.45) is 0 Å². The Morgan fingerprint density at radius 2 is 1.86 bits per heavy atom. The Balaban J connectivity index is 2.97. The van der Waals surface area contributed by atoms with E-state index >= 15 is 0 Å². The van der Waals surface area contributed by atoms with Crippen molar-refractivity contribution in [1.29, 1.82) is 0 Å². The number of hydrogen-bond acceptors (Lipinski definition) is 1. The first-order valence-corrected chi connectivity index (χ1v) is 4.62. The molecule has 1 N–H and O–H groups in total. The van der Waals surface area contributed by atoms with Crippen molar-refractivity contribution >= 4 is 29.2 Å². The molecule has 1 aromatic rings. The first kappa shape index (κ1) is 11.1. The molecule has 2 nitrogen and oxygen atoms in total. The van der Waals surface area contributed by atoms with Crippen molar-refractivity contribution in [3.05, 3.63) is 46.0 Å². The summed E-state index contributed by atoms with van der Waals surface area (Å²) < 4.78 is 0. The van der Waals surface area contributed by atoms with Gasteiger partial charge in [0.15, 0.2) is 0 Å². The summed E-state index contributed by atoms with van der Waals surface area (Å²) in [7, 11) is 0. The van der Waals surface area contributed by atoms with Crippen molar-refractivity contribution in [1.82, 2.24) is 0 Å². The van der Waals surface area contributed by atoms with Gasteiger partial charge in [0.2, 0.25) is 0 Å². The zero-order valence-corrected chi connectivity index (χ0v) is 8.77. The van der Waals surface area contributed by atoms with E-state index in [-0.39, 0.29) is 12.0 Å². The fraction of sp³-hybridized carbons (Fsp3) is 0.100. The fourth-order valence-corrected chi connectivity index (χ4v) is 1.52. The average molecular weight is 231 g/mol. The number of rotatable bonds is 3. The Hall–Kier alpha value is -0.990. The predicted molar refractivity (Wildman–Crippen MR) is 56.9 cm³/mol. The highest BCUT2D eigenvalue weighted by Gasteiger charge is 2.10. The minimum Gasteiger partial charge on any atom is -0.478 e. The second kappa shape index (κ2) is 4.49. The topological polar surface area (TPSA) is 37.3 Å². The van der Waals surface area contributed by atoms with Crippen LogP contribution in [0.3, 0.4) is 0 Å². The number of hydrogen-bond donors (Lipinski definition) is 1. The van der Waals surface area contributed by atoms with Crippen LogP contribution in [-0.4, -0.2) is 11.1 Å². The Morgan fingerprint density at radius 3 is 2.29 bits per heavy atom. The highest BCUT2D eigenvalue weighted by Crippen LogP contribution is 2.26. The first-order valence-electron chi connectivity index (χ1n) is 3.86. The number of benzene rings is 1. The maximum atomic E-state index is 10.5. The van der Waals surface area contributed by atoms with Gasteiger partial charge in [-0.05, 0) is 17.7 Å². The summed E-state index contributed by atoms with van der Waals surface area (Å²) in [6, 6.07) is 5.04. The van der Waals surface area contributed by atoms with Crippen LogP contribution in [-0.2, 0) is 11.2 Å². The lowest BCUT2D eigenvalue weighted by Gasteiger charge is -2.05. The Morgan fingerprint density at radius 1 is 1.36 bits per heavy atom. The van der Waals surface area contributed by atoms with Crippen LogP contribution in [0.25, 0.3) is 0 Å². The van der Waals surface area contributed by atoms with E-state index in [9.17, 15) is 4.79 Å². The number of carbonyl (C=O) groups is 1. The van der Waals surface area contributed by atoms with Gasteiger partial charge >= 0.3 is 5.97 Å². The molecule has 14 heavy (non-hydrogen) atoms. The second-order valence-corrected chi connectivity index (χ2v) is 3.60. The van der Waals surface area contributed by atoms with Crippen LogP contribution < -0.4 is 0 Å². The van der Waals surface area contributed by atoms with Crippen LogP contribution in [0.15, 0.2) is 30.4 Å². The van der Waals surface area contributed by atoms with Crippen LogP contribution in [0.1, 0.15) is 5.56 Å². The molecule has 0 aromatic heterocycles. The summed E-state index contributed by atoms with van der Waals surface area (Å²) in [6.45, 7) is 3.41. The van der Waals surface area contributed by atoms with Crippen LogP contribution in [0.2, 0.25) is 10.0 Å². The van der Waals surface area contributed by atoms with Gasteiger partial charge in [-0.1, -0.05) is 35.8 Å². The molecule has 0 spiro atoms. The Labute approximate surface area is 91.8 Å². The lowest BCUT2D eigenvalue weighted by molar-refractivity contribution is -0.132. The quantitative estimate of drug-likeness (QED) is 0.811. The maximum Gasteiger partial charge on any atom is 0.331 e. The summed E-state index contributed by atoms with van der Waals surface area (Å²) >= 11 is 11.7. The molecule has 0 bridgehead atoms. The summed E-state index contributed by atoms with van der Waals surface area (Å²) in [4.78, 5) is 10.5. The largest absolute Gasteiger partial charge is 0.478 e. The second-order valence-electron chi connectivity index (χ2n) is 2.79. The zero-order chi connectivity index (χ0) is 10.7. The van der Waals surface area contributed by atoms with Crippen molar-refractivity contribution in [3.8, 4) is 0 Å². The normalized spacial score (nSPS) is 9.86. The molecule has 0 amide bonds. The molecule has 1 aromatic carbocycles. The van der Waals surface area contributed by atoms with Crippen molar-refractivity contribution in [2.45, 2.75) is 6.42 Å². The molecular formula is C10H8Cl2O2. The summed E-state index contributed by atoms with van der Waals surface area (Å²) in [6.07, 6.45) is 0.161. The molecule has 0 saturated carbocycles. The van der Waals surface area contributed by atoms with Gasteiger partial charge in [-0.25, -0.2) is 4.79 Å². The van der Waals surface area contributed by atoms with E-state index in [1.165, 1.54) is 0 Å². The van der Waals surface area contributed by atoms with Gasteiger partial charge in [0.05, 0.1) is 0 Å². The fourth-order valence-electron chi connectivity index (χ4n) is 0.990. The molecule has 1 rings (SSSR count). The van der Waals surface area contributed by atoms with Crippen molar-refractivity contribution in [2.75, 3.05) is 0 Å². The van der Waals surface area contributed by atoms with E-state index in [4.69, 9.17) is 28.3 Å². The molecule has 0 fully saturated rings. The van der Waals surface area contributed by atoms with Gasteiger partial charge < -0.3 is 5.11 Å². The molecular weight excluding hydrogens is 223 g/mol. The summed E-state index contributed by atoms with van der Waals surface area (Å²) in [5.74, 6) is -1.04. The minimum absolute atomic E-state index is 0.0694. The first-order chi connectivity index (χ1) is 6.52. The van der Waals surface area contributed by atoms with Crippen LogP contribution in [0.5, 0.6) is 0 Å². The minimum atomic E-state index is -1.04. The van der Waals surface area contributed by atoms with Gasteiger partial charge in [-0.2, -0.15) is 0 Å². The Bertz CT molecular complexity index is 365. The van der Waals surface area contributed by atoms with Gasteiger partial charge in [0.25, 0.3) is 0 Å². The third-order valence-corrected chi connectivity index (χ3v) is 2.46. The molecule has 0 atom stereocenters. The molecule has 4 heteroatoms. The highest BCUT2D eigenvalue weighted by atomic mass is 35.5. The van der Waals surface area contributed by atoms with E-state index < -0.39 is 5.97 Å². The number of carboxylic acids is 1. The zero-order valence-electron chi connectivity index (χ0n) is 7.26. The molecule has 74 valence electrons. The summed E-state index contributed by atoms with van der Waals surface area (Å²) in [5, 5.41) is 9.56. The van der Waals surface area contributed by atoms with Crippen molar-refractivity contribution in [3.63, 3.8) is 0 Å². The molecule has 0 aliphatic rings. The van der Waals surface area contributed by atoms with Crippen LogP contribution in [0.4, 0.5) is 0 Å². The highest BCUT2D eigenvalue weighted by molar-refractivity contribution is 6.36. The number of halogens is 2. The molecule has 0 heterocycles. The van der Waals surface area contributed by atoms with Crippen molar-refractivity contribution < 1.29 is 9.90 Å². The van der Waals surface area contributed by atoms with E-state index in [2.05, 4.69) is 6.58 Å². The monoisotopic (exact) mass is 230 g/mol. The number of carboxylic acid groups (broad SMARTS) is 1. The lowest BCUT2D eigenvalue weighted by Crippen LogP contribution is -2.02. The third-order valence-electron chi connectivity index (χ3n) is 1.75. The van der Waals surface area contributed by atoms with Gasteiger partial charge in [-0.3, -0.25) is 0 Å². The van der Waals surface area contributed by atoms with E-state index in [1.807, 2.05) is 0 Å². The summed E-state index contributed by atoms with van der Waals surface area (Å²) in [5.41, 5.74) is 0.670. The molecule has 0 aliphatic heterocycles. The SMILES string of the molecule is C=C(Cc1c(Cl)cccc1Cl)C(=O)O. The van der Waals surface area contributed by atoms with Crippen LogP contribution in [0, 0.1) is 0 Å². The third kappa shape index (κ3) is 2.50. The molecule has 0 saturated heterocycles. The standard InChI is InChI=1S/C10H8Cl2O2/c1-6(10(13)14)5-7-8(11)3-2-4-9(7)12/h2-4H,1,5H2,(H,13,14). The lowest BCUT2D eigenvalue weighted by atomic mass is 10.1. The van der Waals surface area contributed by atoms with Gasteiger partial charge in [-0.15, -0.1) is 0 Å². The average Bonchev–Trinajstić information content (AvgIpc) is 2.11. The number of aliphatic carboxylic acids is 1. The molecule has 0 aliphatic carbocycles. The van der Waals surface area contributed by atoms with E-state index in [1.54, 1.807) is 18.2 Å². The Kier molecular flexibility index (Phi) is 3.55. The molecule has 0 unspecified atom stereocenters. The van der Waals surface area contributed by atoms with E-state index in [0.29, 0.717) is 15.6 Å². The van der Waals surface area contributed by atoms with Crippen LogP contribution >= 0.6 is 23.2 Å². The van der Waals surface area contributed by atoms with E-state index in [0.717, 1.165) is 0 Å². The van der Waals surface area contributed by atoms with Gasteiger partial charge in [0, 0.05) is 22.0 Å². The maximum absolute atomic E-state index is 10.5. The molecule has 0 radical (unpaired) electrons. The predicted octanol–water partition coefficient (Wildman–Crippen LogP) is 3.18. The van der Waals surface area contributed by atoms with Gasteiger partial charge in [0.1, 0.15) is 0 Å².